The van der Waals surface area contributed by atoms with E-state index in [1.165, 1.54) is 0 Å². The molecule has 0 heterocycles. The first-order valence-electron chi connectivity index (χ1n) is 6.11. The van der Waals surface area contributed by atoms with Crippen LogP contribution in [0.5, 0.6) is 5.75 Å². The molecule has 4 nitrogen and oxygen atoms in total. The predicted octanol–water partition coefficient (Wildman–Crippen LogP) is 2.32. The number of hydrogen-bond acceptors (Lipinski definition) is 3. The predicted molar refractivity (Wildman–Crippen MR) is 70.5 cm³/mol. The van der Waals surface area contributed by atoms with E-state index in [2.05, 4.69) is 0 Å². The van der Waals surface area contributed by atoms with Crippen molar-refractivity contribution in [3.8, 4) is 5.75 Å². The Morgan fingerprint density at radius 2 is 1.83 bits per heavy atom. The van der Waals surface area contributed by atoms with Crippen LogP contribution in [0.2, 0.25) is 0 Å². The molecule has 0 aliphatic carbocycles. The van der Waals surface area contributed by atoms with E-state index in [0.717, 1.165) is 5.56 Å². The van der Waals surface area contributed by atoms with Gasteiger partial charge in [-0.25, -0.2) is 0 Å². The zero-order valence-corrected chi connectivity index (χ0v) is 11.1. The van der Waals surface area contributed by atoms with Gasteiger partial charge in [-0.1, -0.05) is 26.0 Å². The largest absolute Gasteiger partial charge is 0.508 e. The molecule has 0 aliphatic rings. The number of aromatic hydroxyl groups is 1. The van der Waals surface area contributed by atoms with Crippen LogP contribution >= 0.6 is 0 Å². The molecule has 0 aromatic heterocycles. The van der Waals surface area contributed by atoms with Gasteiger partial charge in [0.15, 0.2) is 0 Å². The fourth-order valence-corrected chi connectivity index (χ4v) is 1.92. The Kier molecular flexibility index (Phi) is 5.16. The second-order valence-electron chi connectivity index (χ2n) is 5.07. The second kappa shape index (κ2) is 6.40. The molecule has 0 saturated carbocycles. The Morgan fingerprint density at radius 3 is 2.28 bits per heavy atom. The molecular weight excluding hydrogens is 230 g/mol. The van der Waals surface area contributed by atoms with Gasteiger partial charge in [0.1, 0.15) is 11.8 Å². The number of phenols is 1. The average Bonchev–Trinajstić information content (AvgIpc) is 2.28. The highest BCUT2D eigenvalue weighted by Gasteiger charge is 2.23. The lowest BCUT2D eigenvalue weighted by molar-refractivity contribution is -0.143. The number of likely N-dealkylation sites (N-methyl/N-ethyl adjacent to an activating group) is 1. The maximum absolute atomic E-state index is 11.2. The van der Waals surface area contributed by atoms with Crippen LogP contribution in [-0.2, 0) is 11.3 Å². The van der Waals surface area contributed by atoms with E-state index >= 15 is 0 Å². The average molecular weight is 251 g/mol. The molecular formula is C14H21NO3. The van der Waals surface area contributed by atoms with Gasteiger partial charge >= 0.3 is 5.97 Å². The molecule has 2 N–H and O–H groups in total. The molecule has 0 fully saturated rings. The van der Waals surface area contributed by atoms with Crippen molar-refractivity contribution in [1.29, 1.82) is 0 Å². The molecule has 0 radical (unpaired) electrons. The van der Waals surface area contributed by atoms with Crippen LogP contribution in [0.1, 0.15) is 25.8 Å². The van der Waals surface area contributed by atoms with Gasteiger partial charge in [-0.2, -0.15) is 0 Å². The normalized spacial score (nSPS) is 12.9. The van der Waals surface area contributed by atoms with Gasteiger partial charge in [0.2, 0.25) is 0 Å². The van der Waals surface area contributed by atoms with Crippen LogP contribution in [-0.4, -0.2) is 34.2 Å². The van der Waals surface area contributed by atoms with E-state index in [-0.39, 0.29) is 5.75 Å². The lowest BCUT2D eigenvalue weighted by atomic mass is 10.0. The van der Waals surface area contributed by atoms with Gasteiger partial charge < -0.3 is 10.2 Å². The Balaban J connectivity index is 2.69. The van der Waals surface area contributed by atoms with Crippen molar-refractivity contribution in [1.82, 2.24) is 4.90 Å². The van der Waals surface area contributed by atoms with E-state index in [0.29, 0.717) is 18.9 Å². The lowest BCUT2D eigenvalue weighted by Crippen LogP contribution is -2.38. The summed E-state index contributed by atoms with van der Waals surface area (Å²) >= 11 is 0. The molecule has 0 unspecified atom stereocenters. The van der Waals surface area contributed by atoms with Gasteiger partial charge in [0.05, 0.1) is 0 Å². The van der Waals surface area contributed by atoms with Gasteiger partial charge in [-0.3, -0.25) is 9.69 Å². The molecule has 0 spiro atoms. The highest BCUT2D eigenvalue weighted by atomic mass is 16.4. The van der Waals surface area contributed by atoms with E-state index in [1.807, 2.05) is 25.8 Å². The van der Waals surface area contributed by atoms with E-state index < -0.39 is 12.0 Å². The summed E-state index contributed by atoms with van der Waals surface area (Å²) in [5.74, 6) is -0.225. The number of carboxylic acids is 1. The number of rotatable bonds is 6. The first-order valence-corrected chi connectivity index (χ1v) is 6.11. The maximum atomic E-state index is 11.2. The summed E-state index contributed by atoms with van der Waals surface area (Å²) in [6.07, 6.45) is 0.629. The van der Waals surface area contributed by atoms with Gasteiger partial charge in [-0.05, 0) is 37.1 Å². The van der Waals surface area contributed by atoms with Crippen molar-refractivity contribution in [2.75, 3.05) is 7.05 Å². The number of benzene rings is 1. The van der Waals surface area contributed by atoms with Crippen LogP contribution in [0.25, 0.3) is 0 Å². The molecule has 1 aromatic rings. The molecule has 18 heavy (non-hydrogen) atoms. The molecule has 1 aromatic carbocycles. The molecule has 100 valence electrons. The molecule has 1 atom stereocenters. The third-order valence-corrected chi connectivity index (χ3v) is 2.88. The summed E-state index contributed by atoms with van der Waals surface area (Å²) in [6.45, 7) is 4.60. The Hall–Kier alpha value is -1.55. The van der Waals surface area contributed by atoms with Gasteiger partial charge in [0.25, 0.3) is 0 Å². The molecule has 4 heteroatoms. The number of carboxylic acid groups (broad SMARTS) is 1. The highest BCUT2D eigenvalue weighted by molar-refractivity contribution is 5.73. The third-order valence-electron chi connectivity index (χ3n) is 2.88. The van der Waals surface area contributed by atoms with Crippen molar-refractivity contribution in [3.63, 3.8) is 0 Å². The maximum Gasteiger partial charge on any atom is 0.320 e. The second-order valence-corrected chi connectivity index (χ2v) is 5.07. The monoisotopic (exact) mass is 251 g/mol. The van der Waals surface area contributed by atoms with E-state index in [9.17, 15) is 15.0 Å². The number of phenolic OH excluding ortho intramolecular Hbond substituents is 1. The van der Waals surface area contributed by atoms with Crippen molar-refractivity contribution in [3.05, 3.63) is 29.8 Å². The van der Waals surface area contributed by atoms with E-state index in [1.54, 1.807) is 24.3 Å². The lowest BCUT2D eigenvalue weighted by Gasteiger charge is -2.26. The molecule has 0 bridgehead atoms. The Bertz CT molecular complexity index is 387. The summed E-state index contributed by atoms with van der Waals surface area (Å²) in [7, 11) is 1.81. The molecule has 0 aliphatic heterocycles. The first-order chi connectivity index (χ1) is 8.40. The summed E-state index contributed by atoms with van der Waals surface area (Å²) < 4.78 is 0. The zero-order valence-electron chi connectivity index (χ0n) is 11.1. The Morgan fingerprint density at radius 1 is 1.28 bits per heavy atom. The van der Waals surface area contributed by atoms with Crippen molar-refractivity contribution < 1.29 is 15.0 Å². The minimum absolute atomic E-state index is 0.221. The van der Waals surface area contributed by atoms with Crippen LogP contribution in [0.3, 0.4) is 0 Å². The summed E-state index contributed by atoms with van der Waals surface area (Å²) in [5.41, 5.74) is 0.991. The van der Waals surface area contributed by atoms with Crippen LogP contribution in [0.4, 0.5) is 0 Å². The quantitative estimate of drug-likeness (QED) is 0.814. The number of carbonyl (C=O) groups is 1. The molecule has 0 amide bonds. The van der Waals surface area contributed by atoms with E-state index in [4.69, 9.17) is 0 Å². The topological polar surface area (TPSA) is 60.8 Å². The standard InChI is InChI=1S/C14H21NO3/c1-10(2)8-13(14(17)18)15(3)9-11-4-6-12(16)7-5-11/h4-7,10,13,16H,8-9H2,1-3H3,(H,17,18)/t13-/m0/s1. The summed E-state index contributed by atoms with van der Waals surface area (Å²) in [5, 5.41) is 18.4. The third kappa shape index (κ3) is 4.37. The van der Waals surface area contributed by atoms with Crippen LogP contribution < -0.4 is 0 Å². The number of aliphatic carboxylic acids is 1. The summed E-state index contributed by atoms with van der Waals surface area (Å²) in [6, 6.07) is 6.36. The Labute approximate surface area is 108 Å². The number of nitrogens with zero attached hydrogens (tertiary/aromatic N) is 1. The summed E-state index contributed by atoms with van der Waals surface area (Å²) in [4.78, 5) is 13.1. The van der Waals surface area contributed by atoms with Gasteiger partial charge in [-0.15, -0.1) is 0 Å². The van der Waals surface area contributed by atoms with Crippen LogP contribution in [0.15, 0.2) is 24.3 Å². The molecule has 0 saturated heterocycles. The SMILES string of the molecule is CC(C)C[C@@H](C(=O)O)N(C)Cc1ccc(O)cc1. The zero-order chi connectivity index (χ0) is 13.7. The fourth-order valence-electron chi connectivity index (χ4n) is 1.92. The minimum Gasteiger partial charge on any atom is -0.508 e. The molecule has 1 rings (SSSR count). The minimum atomic E-state index is -0.787. The van der Waals surface area contributed by atoms with Crippen LogP contribution in [0, 0.1) is 5.92 Å². The number of hydrogen-bond donors (Lipinski definition) is 2. The van der Waals surface area contributed by atoms with Crippen molar-refractivity contribution >= 4 is 5.97 Å². The van der Waals surface area contributed by atoms with Crippen molar-refractivity contribution in [2.24, 2.45) is 5.92 Å². The highest BCUT2D eigenvalue weighted by Crippen LogP contribution is 2.15. The van der Waals surface area contributed by atoms with Gasteiger partial charge in [0, 0.05) is 6.54 Å². The first kappa shape index (κ1) is 14.5. The fraction of sp³-hybridized carbons (Fsp3) is 0.500. The van der Waals surface area contributed by atoms with Crippen molar-refractivity contribution in [2.45, 2.75) is 32.9 Å². The smallest absolute Gasteiger partial charge is 0.320 e.